The average Bonchev–Trinajstić information content (AvgIpc) is 3.06. The number of hydrogen-bond acceptors (Lipinski definition) is 2. The van der Waals surface area contributed by atoms with E-state index in [0.29, 0.717) is 11.5 Å². The summed E-state index contributed by atoms with van der Waals surface area (Å²) in [5.41, 5.74) is 4.40. The molecule has 0 fully saturated rings. The van der Waals surface area contributed by atoms with E-state index < -0.39 is 0 Å². The first-order valence-electron chi connectivity index (χ1n) is 8.67. The molecule has 5 heteroatoms. The number of imidazole rings is 1. The molecule has 3 nitrogen and oxygen atoms in total. The maximum absolute atomic E-state index is 14.7. The maximum Gasteiger partial charge on any atom is 0.209 e. The molecular formula is C22H15BrFN3. The zero-order valence-electron chi connectivity index (χ0n) is 14.2. The summed E-state index contributed by atoms with van der Waals surface area (Å²) in [6, 6.07) is 22.6. The van der Waals surface area contributed by atoms with Crippen LogP contribution >= 0.6 is 15.9 Å². The fourth-order valence-corrected chi connectivity index (χ4v) is 3.98. The van der Waals surface area contributed by atoms with Gasteiger partial charge in [0, 0.05) is 15.7 Å². The molecule has 1 unspecified atom stereocenters. The van der Waals surface area contributed by atoms with Crippen LogP contribution in [0.15, 0.2) is 83.3 Å². The summed E-state index contributed by atoms with van der Waals surface area (Å²) >= 11 is 3.52. The number of allylic oxidation sites excluding steroid dienone is 1. The third-order valence-corrected chi connectivity index (χ3v) is 5.30. The van der Waals surface area contributed by atoms with Crippen LogP contribution in [0.5, 0.6) is 0 Å². The van der Waals surface area contributed by atoms with Crippen LogP contribution in [0.2, 0.25) is 0 Å². The molecule has 1 N–H and O–H groups in total. The molecule has 2 heterocycles. The Labute approximate surface area is 164 Å². The number of anilines is 1. The van der Waals surface area contributed by atoms with E-state index in [1.54, 1.807) is 6.07 Å². The highest BCUT2D eigenvalue weighted by Crippen LogP contribution is 2.37. The van der Waals surface area contributed by atoms with Crippen molar-refractivity contribution >= 4 is 38.6 Å². The van der Waals surface area contributed by atoms with Crippen molar-refractivity contribution in [3.05, 3.63) is 100 Å². The molecule has 5 rings (SSSR count). The Balaban J connectivity index is 1.75. The van der Waals surface area contributed by atoms with Gasteiger partial charge in [-0.1, -0.05) is 58.4 Å². The smallest absolute Gasteiger partial charge is 0.209 e. The van der Waals surface area contributed by atoms with Gasteiger partial charge in [0.25, 0.3) is 0 Å². The van der Waals surface area contributed by atoms with Gasteiger partial charge in [0.1, 0.15) is 5.82 Å². The van der Waals surface area contributed by atoms with E-state index in [1.807, 2.05) is 60.7 Å². The minimum absolute atomic E-state index is 0.224. The van der Waals surface area contributed by atoms with Crippen LogP contribution < -0.4 is 5.32 Å². The van der Waals surface area contributed by atoms with E-state index in [1.165, 1.54) is 6.07 Å². The predicted octanol–water partition coefficient (Wildman–Crippen LogP) is 5.99. The van der Waals surface area contributed by atoms with Crippen LogP contribution in [-0.2, 0) is 0 Å². The highest BCUT2D eigenvalue weighted by atomic mass is 79.9. The van der Waals surface area contributed by atoms with Gasteiger partial charge >= 0.3 is 0 Å². The molecule has 132 valence electrons. The van der Waals surface area contributed by atoms with Gasteiger partial charge in [-0.15, -0.1) is 0 Å². The average molecular weight is 420 g/mol. The van der Waals surface area contributed by atoms with E-state index >= 15 is 0 Å². The molecule has 4 aromatic rings. The molecule has 0 bridgehead atoms. The summed E-state index contributed by atoms with van der Waals surface area (Å²) in [4.78, 5) is 4.73. The first kappa shape index (κ1) is 16.3. The molecule has 0 aliphatic carbocycles. The number of hydrogen-bond donors (Lipinski definition) is 1. The molecule has 0 saturated heterocycles. The fraction of sp³-hybridized carbons (Fsp3) is 0.0455. The zero-order valence-corrected chi connectivity index (χ0v) is 15.8. The molecule has 1 aromatic heterocycles. The lowest BCUT2D eigenvalue weighted by molar-refractivity contribution is 0.583. The molecule has 27 heavy (non-hydrogen) atoms. The normalized spacial score (nSPS) is 15.9. The minimum Gasteiger partial charge on any atom is -0.325 e. The van der Waals surface area contributed by atoms with Crippen molar-refractivity contribution in [2.45, 2.75) is 6.04 Å². The van der Waals surface area contributed by atoms with Crippen LogP contribution in [-0.4, -0.2) is 9.55 Å². The minimum atomic E-state index is -0.288. The fourth-order valence-electron chi connectivity index (χ4n) is 3.58. The van der Waals surface area contributed by atoms with Crippen molar-refractivity contribution in [3.63, 3.8) is 0 Å². The summed E-state index contributed by atoms with van der Waals surface area (Å²) in [5, 5.41) is 3.42. The SMILES string of the molecule is Fc1ccccc1C1C=C(c2cccc(Br)c2)Nc2nc3ccccc3n21. The van der Waals surface area contributed by atoms with Crippen LogP contribution in [0.3, 0.4) is 0 Å². The van der Waals surface area contributed by atoms with Crippen molar-refractivity contribution in [2.24, 2.45) is 0 Å². The Morgan fingerprint density at radius 2 is 1.78 bits per heavy atom. The van der Waals surface area contributed by atoms with E-state index in [2.05, 4.69) is 31.9 Å². The summed E-state index contributed by atoms with van der Waals surface area (Å²) in [7, 11) is 0. The lowest BCUT2D eigenvalue weighted by Crippen LogP contribution is -2.20. The molecule has 0 spiro atoms. The van der Waals surface area contributed by atoms with E-state index in [9.17, 15) is 4.39 Å². The van der Waals surface area contributed by atoms with Crippen molar-refractivity contribution in [3.8, 4) is 0 Å². The first-order valence-corrected chi connectivity index (χ1v) is 9.46. The van der Waals surface area contributed by atoms with Gasteiger partial charge in [0.2, 0.25) is 5.95 Å². The second-order valence-corrected chi connectivity index (χ2v) is 7.39. The summed E-state index contributed by atoms with van der Waals surface area (Å²) < 4.78 is 17.7. The summed E-state index contributed by atoms with van der Waals surface area (Å²) in [6.45, 7) is 0. The van der Waals surface area contributed by atoms with Crippen molar-refractivity contribution in [1.82, 2.24) is 9.55 Å². The number of fused-ring (bicyclic) bond motifs is 3. The summed E-state index contributed by atoms with van der Waals surface area (Å²) in [6.07, 6.45) is 2.06. The molecule has 0 saturated carbocycles. The number of para-hydroxylation sites is 2. The van der Waals surface area contributed by atoms with Gasteiger partial charge < -0.3 is 5.32 Å². The van der Waals surface area contributed by atoms with Crippen LogP contribution in [0.25, 0.3) is 16.7 Å². The number of benzene rings is 3. The van der Waals surface area contributed by atoms with Crippen molar-refractivity contribution in [1.29, 1.82) is 0 Å². The number of aromatic nitrogens is 2. The molecular weight excluding hydrogens is 405 g/mol. The third kappa shape index (κ3) is 2.75. The number of nitrogens with one attached hydrogen (secondary N) is 1. The highest BCUT2D eigenvalue weighted by molar-refractivity contribution is 9.10. The van der Waals surface area contributed by atoms with E-state index in [4.69, 9.17) is 4.98 Å². The first-order chi connectivity index (χ1) is 13.2. The van der Waals surface area contributed by atoms with E-state index in [-0.39, 0.29) is 11.9 Å². The topological polar surface area (TPSA) is 29.9 Å². The molecule has 0 amide bonds. The van der Waals surface area contributed by atoms with Crippen LogP contribution in [0, 0.1) is 5.82 Å². The van der Waals surface area contributed by atoms with E-state index in [0.717, 1.165) is 26.8 Å². The number of rotatable bonds is 2. The molecule has 1 atom stereocenters. The molecule has 1 aliphatic heterocycles. The Morgan fingerprint density at radius 1 is 0.963 bits per heavy atom. The zero-order chi connectivity index (χ0) is 18.4. The Hall–Kier alpha value is -2.92. The van der Waals surface area contributed by atoms with Crippen LogP contribution in [0.1, 0.15) is 17.2 Å². The van der Waals surface area contributed by atoms with Crippen molar-refractivity contribution < 1.29 is 4.39 Å². The van der Waals surface area contributed by atoms with Crippen molar-refractivity contribution in [2.75, 3.05) is 5.32 Å². The second kappa shape index (κ2) is 6.35. The number of halogens is 2. The van der Waals surface area contributed by atoms with Gasteiger partial charge in [-0.3, -0.25) is 4.57 Å². The largest absolute Gasteiger partial charge is 0.325 e. The molecule has 3 aromatic carbocycles. The Bertz CT molecular complexity index is 1200. The number of nitrogens with zero attached hydrogens (tertiary/aromatic N) is 2. The second-order valence-electron chi connectivity index (χ2n) is 6.48. The van der Waals surface area contributed by atoms with Gasteiger partial charge in [0.05, 0.1) is 17.1 Å². The monoisotopic (exact) mass is 419 g/mol. The molecule has 0 radical (unpaired) electrons. The van der Waals surface area contributed by atoms with Gasteiger partial charge in [-0.05, 0) is 42.0 Å². The Morgan fingerprint density at radius 3 is 2.63 bits per heavy atom. The van der Waals surface area contributed by atoms with Gasteiger partial charge in [-0.25, -0.2) is 9.37 Å². The Kier molecular flexibility index (Phi) is 3.83. The predicted molar refractivity (Wildman–Crippen MR) is 110 cm³/mol. The molecule has 1 aliphatic rings. The standard InChI is InChI=1S/C22H15BrFN3/c23-15-7-5-6-14(12-15)19-13-21(16-8-1-2-9-17(16)24)27-20-11-4-3-10-18(20)25-22(27)26-19/h1-13,21H,(H,25,26). The lowest BCUT2D eigenvalue weighted by atomic mass is 10.0. The van der Waals surface area contributed by atoms with Crippen LogP contribution in [0.4, 0.5) is 10.3 Å². The van der Waals surface area contributed by atoms with Gasteiger partial charge in [-0.2, -0.15) is 0 Å². The summed E-state index contributed by atoms with van der Waals surface area (Å²) in [5.74, 6) is 0.486. The lowest BCUT2D eigenvalue weighted by Gasteiger charge is -2.27. The third-order valence-electron chi connectivity index (χ3n) is 4.80. The highest BCUT2D eigenvalue weighted by Gasteiger charge is 2.26. The maximum atomic E-state index is 14.7. The quantitative estimate of drug-likeness (QED) is 0.432. The van der Waals surface area contributed by atoms with Gasteiger partial charge in [0.15, 0.2) is 0 Å².